The van der Waals surface area contributed by atoms with Crippen LogP contribution in [0.4, 0.5) is 15.8 Å². The summed E-state index contributed by atoms with van der Waals surface area (Å²) in [5.41, 5.74) is 1.11. The van der Waals surface area contributed by atoms with Crippen molar-refractivity contribution >= 4 is 62.2 Å². The topological polar surface area (TPSA) is 158 Å². The number of imide groups is 1. The van der Waals surface area contributed by atoms with E-state index in [0.717, 1.165) is 40.1 Å². The van der Waals surface area contributed by atoms with E-state index >= 15 is 0 Å². The molecule has 3 atom stereocenters. The number of primary sulfonamides is 1. The quantitative estimate of drug-likeness (QED) is 0.288. The van der Waals surface area contributed by atoms with Crippen LogP contribution in [-0.2, 0) is 31.0 Å². The van der Waals surface area contributed by atoms with E-state index in [4.69, 9.17) is 9.88 Å². The van der Waals surface area contributed by atoms with Gasteiger partial charge in [0.15, 0.2) is 0 Å². The van der Waals surface area contributed by atoms with Crippen LogP contribution >= 0.6 is 23.1 Å². The van der Waals surface area contributed by atoms with Crippen LogP contribution in [0.25, 0.3) is 0 Å². The van der Waals surface area contributed by atoms with Gasteiger partial charge in [0, 0.05) is 22.0 Å². The maximum Gasteiger partial charge on any atom is 0.308 e. The lowest BCUT2D eigenvalue weighted by atomic mass is 9.82. The Balaban J connectivity index is 1.39. The Hall–Kier alpha value is -4.31. The number of fused-ring (bicyclic) bond motifs is 2. The number of nitrogens with two attached hydrogens (primary N) is 1. The summed E-state index contributed by atoms with van der Waals surface area (Å²) in [5.74, 6) is -3.30. The number of nitrogens with zero attached hydrogens (tertiary/aromatic N) is 2. The fourth-order valence-corrected chi connectivity index (χ4v) is 8.71. The highest BCUT2D eigenvalue weighted by Gasteiger charge is 2.57. The molecule has 2 aliphatic rings. The Morgan fingerprint density at radius 3 is 2.34 bits per heavy atom. The number of carbonyl (C=O) groups excluding carboxylic acids is 3. The summed E-state index contributed by atoms with van der Waals surface area (Å²) in [5, 5.41) is 7.19. The van der Waals surface area contributed by atoms with E-state index in [1.54, 1.807) is 24.3 Å². The van der Waals surface area contributed by atoms with E-state index in [-0.39, 0.29) is 16.3 Å². The molecule has 6 rings (SSSR count). The smallest absolute Gasteiger partial charge is 0.308 e. The molecule has 15 heteroatoms. The van der Waals surface area contributed by atoms with Gasteiger partial charge in [-0.1, -0.05) is 41.3 Å². The molecule has 44 heavy (non-hydrogen) atoms. The summed E-state index contributed by atoms with van der Waals surface area (Å²) in [7, 11) is -2.44. The summed E-state index contributed by atoms with van der Waals surface area (Å²) in [6.45, 7) is -0.408. The minimum atomic E-state index is -3.92. The number of amides is 3. The van der Waals surface area contributed by atoms with Gasteiger partial charge in [0.05, 0.1) is 28.6 Å². The lowest BCUT2D eigenvalue weighted by molar-refractivity contribution is -0.122. The number of nitrogens with one attached hydrogen (secondary N) is 1. The van der Waals surface area contributed by atoms with Gasteiger partial charge in [0.1, 0.15) is 23.4 Å². The van der Waals surface area contributed by atoms with Crippen molar-refractivity contribution < 1.29 is 31.9 Å². The van der Waals surface area contributed by atoms with E-state index in [1.807, 2.05) is 0 Å². The molecule has 11 nitrogen and oxygen atoms in total. The minimum absolute atomic E-state index is 0.127. The number of carbonyl (C=O) groups is 3. The molecule has 0 unspecified atom stereocenters. The monoisotopic (exact) mass is 654 g/mol. The number of hydrogen-bond acceptors (Lipinski definition) is 9. The molecule has 3 amide bonds. The van der Waals surface area contributed by atoms with E-state index in [1.165, 1.54) is 48.1 Å². The number of benzene rings is 3. The standard InChI is InChI=1S/C29H23FN4O7S3/c1-41-20-5-3-2-4-19(20)22-23-24(27(37)34(26(23)36)17-10-6-15(30)7-11-17)42-28-25(22)43-29(38)33(28)14-21(35)32-16-8-12-18(13-9-16)44(31,39)40/h2-13,22-24H,14H2,1H3,(H,32,35)(H2,31,39,40)/t22-,23-,24+/m0/s1. The fraction of sp³-hybridized carbons (Fsp3) is 0.172. The molecule has 1 aromatic heterocycles. The van der Waals surface area contributed by atoms with Gasteiger partial charge in [-0.05, 0) is 54.6 Å². The number of sulfonamides is 1. The third kappa shape index (κ3) is 5.21. The first kappa shape index (κ1) is 29.7. The highest BCUT2D eigenvalue weighted by Crippen LogP contribution is 2.55. The number of aromatic nitrogens is 1. The molecule has 0 saturated carbocycles. The van der Waals surface area contributed by atoms with Crippen molar-refractivity contribution in [3.05, 3.63) is 98.7 Å². The van der Waals surface area contributed by atoms with Gasteiger partial charge in [0.25, 0.3) is 0 Å². The summed E-state index contributed by atoms with van der Waals surface area (Å²) < 4.78 is 43.6. The van der Waals surface area contributed by atoms with Gasteiger partial charge < -0.3 is 10.1 Å². The first-order valence-electron chi connectivity index (χ1n) is 13.1. The molecule has 4 aromatic rings. The number of anilines is 2. The zero-order chi connectivity index (χ0) is 31.3. The molecular formula is C29H23FN4O7S3. The summed E-state index contributed by atoms with van der Waals surface area (Å²) in [6, 6.07) is 17.3. The van der Waals surface area contributed by atoms with Gasteiger partial charge in [-0.25, -0.2) is 22.8 Å². The van der Waals surface area contributed by atoms with Gasteiger partial charge in [0.2, 0.25) is 27.7 Å². The SMILES string of the molecule is COc1ccccc1[C@@H]1c2sc(=O)n(CC(=O)Nc3ccc(S(N)(=O)=O)cc3)c2S[C@H]2C(=O)N(c3ccc(F)cc3)C(=O)[C@@H]12. The number of ether oxygens (including phenoxy) is 1. The summed E-state index contributed by atoms with van der Waals surface area (Å²) >= 11 is 1.92. The average Bonchev–Trinajstić information content (AvgIpc) is 3.43. The minimum Gasteiger partial charge on any atom is -0.496 e. The van der Waals surface area contributed by atoms with Gasteiger partial charge in [-0.2, -0.15) is 0 Å². The lowest BCUT2D eigenvalue weighted by Crippen LogP contribution is -2.33. The average molecular weight is 655 g/mol. The molecule has 3 N–H and O–H groups in total. The molecular weight excluding hydrogens is 632 g/mol. The molecule has 0 spiro atoms. The third-order valence-corrected chi connectivity index (χ3v) is 10.9. The zero-order valence-corrected chi connectivity index (χ0v) is 25.2. The largest absolute Gasteiger partial charge is 0.496 e. The fourth-order valence-electron chi connectivity index (χ4n) is 5.43. The zero-order valence-electron chi connectivity index (χ0n) is 22.8. The van der Waals surface area contributed by atoms with Crippen molar-refractivity contribution in [1.82, 2.24) is 4.57 Å². The maximum atomic E-state index is 14.0. The van der Waals surface area contributed by atoms with Crippen LogP contribution in [0.1, 0.15) is 16.4 Å². The van der Waals surface area contributed by atoms with Crippen LogP contribution in [0.2, 0.25) is 0 Å². The molecule has 0 bridgehead atoms. The van der Waals surface area contributed by atoms with Crippen LogP contribution in [0.3, 0.4) is 0 Å². The van der Waals surface area contributed by atoms with E-state index in [0.29, 0.717) is 21.2 Å². The molecule has 1 saturated heterocycles. The van der Waals surface area contributed by atoms with Gasteiger partial charge in [-0.15, -0.1) is 0 Å². The summed E-state index contributed by atoms with van der Waals surface area (Å²) in [4.78, 5) is 55.1. The van der Waals surface area contributed by atoms with Crippen molar-refractivity contribution in [2.24, 2.45) is 11.1 Å². The Bertz CT molecular complexity index is 1970. The Morgan fingerprint density at radius 2 is 1.68 bits per heavy atom. The van der Waals surface area contributed by atoms with Crippen LogP contribution in [-0.4, -0.2) is 43.1 Å². The second kappa shape index (κ2) is 11.3. The number of thioether (sulfide) groups is 1. The van der Waals surface area contributed by atoms with Crippen LogP contribution in [0.15, 0.2) is 87.5 Å². The Labute approximate surface area is 258 Å². The molecule has 226 valence electrons. The Kier molecular flexibility index (Phi) is 7.65. The number of methoxy groups -OCH3 is 1. The number of para-hydroxylation sites is 1. The highest BCUT2D eigenvalue weighted by molar-refractivity contribution is 8.00. The van der Waals surface area contributed by atoms with Gasteiger partial charge >= 0.3 is 4.87 Å². The highest BCUT2D eigenvalue weighted by atomic mass is 32.2. The molecule has 2 aliphatic heterocycles. The molecule has 0 aliphatic carbocycles. The second-order valence-corrected chi connectivity index (χ2v) is 13.7. The predicted octanol–water partition coefficient (Wildman–Crippen LogP) is 3.14. The lowest BCUT2D eigenvalue weighted by Gasteiger charge is -2.31. The van der Waals surface area contributed by atoms with Gasteiger partial charge in [-0.3, -0.25) is 23.7 Å². The molecule has 3 aromatic carbocycles. The first-order chi connectivity index (χ1) is 21.0. The second-order valence-electron chi connectivity index (χ2n) is 10.0. The van der Waals surface area contributed by atoms with Crippen molar-refractivity contribution in [1.29, 1.82) is 0 Å². The molecule has 1 fully saturated rings. The number of rotatable bonds is 7. The van der Waals surface area contributed by atoms with Crippen molar-refractivity contribution in [2.45, 2.75) is 27.6 Å². The van der Waals surface area contributed by atoms with E-state index in [9.17, 15) is 32.0 Å². The van der Waals surface area contributed by atoms with Crippen molar-refractivity contribution in [3.63, 3.8) is 0 Å². The van der Waals surface area contributed by atoms with Crippen molar-refractivity contribution in [2.75, 3.05) is 17.3 Å². The first-order valence-corrected chi connectivity index (χ1v) is 16.3. The molecule has 0 radical (unpaired) electrons. The normalized spacial score (nSPS) is 19.4. The van der Waals surface area contributed by atoms with Crippen LogP contribution < -0.4 is 25.0 Å². The number of thiazole rings is 1. The van der Waals surface area contributed by atoms with E-state index < -0.39 is 62.1 Å². The predicted molar refractivity (Wildman–Crippen MR) is 162 cm³/mol. The third-order valence-electron chi connectivity index (χ3n) is 7.38. The van der Waals surface area contributed by atoms with Crippen LogP contribution in [0, 0.1) is 11.7 Å². The van der Waals surface area contributed by atoms with E-state index in [2.05, 4.69) is 5.32 Å². The van der Waals surface area contributed by atoms with Crippen LogP contribution in [0.5, 0.6) is 5.75 Å². The molecule has 3 heterocycles. The number of halogens is 1. The van der Waals surface area contributed by atoms with Crippen molar-refractivity contribution in [3.8, 4) is 5.75 Å². The maximum absolute atomic E-state index is 14.0. The number of hydrogen-bond donors (Lipinski definition) is 2. The summed E-state index contributed by atoms with van der Waals surface area (Å²) in [6.07, 6.45) is 0. The Morgan fingerprint density at radius 1 is 1.00 bits per heavy atom.